The molecule has 0 fully saturated rings. The molecule has 1 aliphatic carbocycles. The van der Waals surface area contributed by atoms with Gasteiger partial charge >= 0.3 is 0 Å². The minimum atomic E-state index is -0.594. The van der Waals surface area contributed by atoms with Gasteiger partial charge in [0, 0.05) is 42.9 Å². The summed E-state index contributed by atoms with van der Waals surface area (Å²) in [4.78, 5) is 11.6. The van der Waals surface area contributed by atoms with Gasteiger partial charge in [0.05, 0.1) is 17.9 Å². The summed E-state index contributed by atoms with van der Waals surface area (Å²) in [6.07, 6.45) is 2.14. The van der Waals surface area contributed by atoms with Crippen LogP contribution in [0.15, 0.2) is 36.4 Å². The Bertz CT molecular complexity index is 1240. The number of hydrogen-bond donors (Lipinski definition) is 1. The van der Waals surface area contributed by atoms with E-state index in [9.17, 15) is 14.0 Å². The molecule has 2 aromatic carbocycles. The Morgan fingerprint density at radius 3 is 2.88 bits per heavy atom. The number of aromatic nitrogens is 2. The molecular formula is C24H21F2N5O. The summed E-state index contributed by atoms with van der Waals surface area (Å²) in [5.41, 5.74) is 3.35. The van der Waals surface area contributed by atoms with E-state index in [2.05, 4.69) is 16.3 Å². The van der Waals surface area contributed by atoms with E-state index in [0.29, 0.717) is 54.5 Å². The summed E-state index contributed by atoms with van der Waals surface area (Å²) in [7, 11) is 1.96. The smallest absolute Gasteiger partial charge is 0.229 e. The van der Waals surface area contributed by atoms with Crippen molar-refractivity contribution in [1.82, 2.24) is 9.97 Å². The molecule has 1 atom stereocenters. The van der Waals surface area contributed by atoms with Crippen LogP contribution in [0.2, 0.25) is 0 Å². The molecule has 1 unspecified atom stereocenters. The van der Waals surface area contributed by atoms with Crippen LogP contribution in [0.5, 0.6) is 5.75 Å². The largest absolute Gasteiger partial charge is 0.492 e. The summed E-state index contributed by atoms with van der Waals surface area (Å²) < 4.78 is 33.9. The van der Waals surface area contributed by atoms with Crippen LogP contribution < -0.4 is 15.0 Å². The molecule has 8 heteroatoms. The second-order valence-electron chi connectivity index (χ2n) is 8.06. The lowest BCUT2D eigenvalue weighted by Crippen LogP contribution is -2.24. The number of halogens is 2. The van der Waals surface area contributed by atoms with Crippen LogP contribution in [-0.2, 0) is 6.42 Å². The first-order valence-electron chi connectivity index (χ1n) is 10.5. The number of rotatable bonds is 1. The van der Waals surface area contributed by atoms with Gasteiger partial charge in [-0.3, -0.25) is 0 Å². The standard InChI is InChI=1S/C24H21F2N5O/c1-31-9-2-10-32-21-12-16(5-3-14(21)13-27)28-24-29-22-18(7-8-19(22)23(31)30-24)17-6-4-15(25)11-20(17)26/h3-6,11-12,18H,2,7-10H2,1H3,(H,28,29,30). The van der Waals surface area contributed by atoms with Gasteiger partial charge in [0.2, 0.25) is 5.95 Å². The van der Waals surface area contributed by atoms with Crippen molar-refractivity contribution in [3.63, 3.8) is 0 Å². The van der Waals surface area contributed by atoms with Gasteiger partial charge in [-0.1, -0.05) is 6.07 Å². The molecule has 2 heterocycles. The fourth-order valence-electron chi connectivity index (χ4n) is 4.43. The number of nitriles is 1. The third kappa shape index (κ3) is 3.60. The van der Waals surface area contributed by atoms with Gasteiger partial charge in [-0.25, -0.2) is 13.8 Å². The Balaban J connectivity index is 1.61. The van der Waals surface area contributed by atoms with Crippen molar-refractivity contribution in [2.75, 3.05) is 30.4 Å². The zero-order valence-electron chi connectivity index (χ0n) is 17.5. The number of nitrogens with zero attached hydrogens (tertiary/aromatic N) is 4. The molecule has 2 aliphatic rings. The molecule has 0 spiro atoms. The van der Waals surface area contributed by atoms with Gasteiger partial charge in [0.15, 0.2) is 0 Å². The number of fused-ring (bicyclic) bond motifs is 6. The van der Waals surface area contributed by atoms with Crippen LogP contribution in [0.4, 0.5) is 26.2 Å². The molecule has 0 radical (unpaired) electrons. The van der Waals surface area contributed by atoms with E-state index in [1.165, 1.54) is 12.1 Å². The monoisotopic (exact) mass is 433 g/mol. The van der Waals surface area contributed by atoms with E-state index in [1.54, 1.807) is 18.2 Å². The fourth-order valence-corrected chi connectivity index (χ4v) is 4.43. The second kappa shape index (κ2) is 8.08. The van der Waals surface area contributed by atoms with Crippen LogP contribution >= 0.6 is 0 Å². The molecule has 5 rings (SSSR count). The third-order valence-electron chi connectivity index (χ3n) is 5.98. The van der Waals surface area contributed by atoms with Gasteiger partial charge in [-0.05, 0) is 43.0 Å². The van der Waals surface area contributed by atoms with E-state index >= 15 is 0 Å². The summed E-state index contributed by atoms with van der Waals surface area (Å²) in [5, 5.41) is 12.6. The maximum absolute atomic E-state index is 14.6. The molecule has 0 saturated heterocycles. The van der Waals surface area contributed by atoms with Crippen molar-refractivity contribution in [3.8, 4) is 11.8 Å². The van der Waals surface area contributed by atoms with Gasteiger partial charge in [-0.15, -0.1) is 0 Å². The quantitative estimate of drug-likeness (QED) is 0.601. The number of ether oxygens (including phenoxy) is 1. The Labute approximate surface area is 184 Å². The Kier molecular flexibility index (Phi) is 5.10. The molecule has 6 nitrogen and oxygen atoms in total. The number of hydrogen-bond acceptors (Lipinski definition) is 6. The maximum Gasteiger partial charge on any atom is 0.229 e. The lowest BCUT2D eigenvalue weighted by molar-refractivity contribution is 0.311. The summed E-state index contributed by atoms with van der Waals surface area (Å²) in [6, 6.07) is 11.1. The van der Waals surface area contributed by atoms with Gasteiger partial charge in [-0.2, -0.15) is 10.2 Å². The molecule has 0 saturated carbocycles. The first-order valence-corrected chi connectivity index (χ1v) is 10.5. The molecule has 3 aromatic rings. The van der Waals surface area contributed by atoms with E-state index in [4.69, 9.17) is 14.7 Å². The summed E-state index contributed by atoms with van der Waals surface area (Å²) in [6.45, 7) is 1.16. The highest BCUT2D eigenvalue weighted by Crippen LogP contribution is 2.42. The molecular weight excluding hydrogens is 412 g/mol. The van der Waals surface area contributed by atoms with Gasteiger partial charge in [0.25, 0.3) is 0 Å². The molecule has 0 amide bonds. The normalized spacial score (nSPS) is 17.3. The van der Waals surface area contributed by atoms with Crippen LogP contribution in [0.1, 0.15) is 41.1 Å². The van der Waals surface area contributed by atoms with Crippen molar-refractivity contribution in [2.45, 2.75) is 25.2 Å². The highest BCUT2D eigenvalue weighted by atomic mass is 19.1. The zero-order valence-corrected chi connectivity index (χ0v) is 17.5. The average Bonchev–Trinajstić information content (AvgIpc) is 3.19. The summed E-state index contributed by atoms with van der Waals surface area (Å²) >= 11 is 0. The lowest BCUT2D eigenvalue weighted by atomic mass is 9.96. The van der Waals surface area contributed by atoms with Gasteiger partial charge < -0.3 is 15.0 Å². The van der Waals surface area contributed by atoms with E-state index in [1.807, 2.05) is 7.05 Å². The highest BCUT2D eigenvalue weighted by molar-refractivity contribution is 5.63. The molecule has 162 valence electrons. The first-order chi connectivity index (χ1) is 15.5. The highest BCUT2D eigenvalue weighted by Gasteiger charge is 2.32. The maximum atomic E-state index is 14.6. The lowest BCUT2D eigenvalue weighted by Gasteiger charge is -2.23. The summed E-state index contributed by atoms with van der Waals surface area (Å²) in [5.74, 6) is 0.271. The second-order valence-corrected chi connectivity index (χ2v) is 8.06. The topological polar surface area (TPSA) is 74.1 Å². The average molecular weight is 433 g/mol. The van der Waals surface area contributed by atoms with Crippen molar-refractivity contribution < 1.29 is 13.5 Å². The first kappa shape index (κ1) is 20.2. The molecule has 32 heavy (non-hydrogen) atoms. The number of nitrogens with one attached hydrogen (secondary N) is 1. The van der Waals surface area contributed by atoms with E-state index in [-0.39, 0.29) is 5.92 Å². The number of anilines is 3. The molecule has 1 N–H and O–H groups in total. The molecule has 1 aliphatic heterocycles. The minimum absolute atomic E-state index is 0.269. The van der Waals surface area contributed by atoms with Crippen LogP contribution in [0.25, 0.3) is 0 Å². The van der Waals surface area contributed by atoms with Crippen LogP contribution in [0, 0.1) is 23.0 Å². The predicted molar refractivity (Wildman–Crippen MR) is 116 cm³/mol. The van der Waals surface area contributed by atoms with Crippen molar-refractivity contribution in [1.29, 1.82) is 5.26 Å². The van der Waals surface area contributed by atoms with Crippen molar-refractivity contribution in [2.24, 2.45) is 0 Å². The Morgan fingerprint density at radius 1 is 1.19 bits per heavy atom. The third-order valence-corrected chi connectivity index (χ3v) is 5.98. The van der Waals surface area contributed by atoms with E-state index < -0.39 is 11.6 Å². The fraction of sp³-hybridized carbons (Fsp3) is 0.292. The van der Waals surface area contributed by atoms with Crippen LogP contribution in [0.3, 0.4) is 0 Å². The van der Waals surface area contributed by atoms with Crippen molar-refractivity contribution in [3.05, 3.63) is 70.4 Å². The Hall–Kier alpha value is -3.73. The zero-order chi connectivity index (χ0) is 22.2. The van der Waals surface area contributed by atoms with Crippen molar-refractivity contribution >= 4 is 17.5 Å². The SMILES string of the molecule is CN1CCCOc2cc(ccc2C#N)Nc2nc3c(c1n2)CCC3c1ccc(F)cc1F. The molecule has 1 aromatic heterocycles. The molecule has 4 bridgehead atoms. The minimum Gasteiger partial charge on any atom is -0.492 e. The van der Waals surface area contributed by atoms with Crippen LogP contribution in [-0.4, -0.2) is 30.2 Å². The Morgan fingerprint density at radius 2 is 2.06 bits per heavy atom. The van der Waals surface area contributed by atoms with E-state index in [0.717, 1.165) is 29.6 Å². The predicted octanol–water partition coefficient (Wildman–Crippen LogP) is 4.67. The van der Waals surface area contributed by atoms with Gasteiger partial charge in [0.1, 0.15) is 29.3 Å². The number of benzene rings is 2.